The predicted molar refractivity (Wildman–Crippen MR) is 178 cm³/mol. The minimum atomic E-state index is -0.986. The molecule has 9 rings (SSSR count). The molecule has 5 heteroatoms. The van der Waals surface area contributed by atoms with Crippen LogP contribution in [0.3, 0.4) is 0 Å². The normalized spacial score (nSPS) is 19.3. The first-order chi connectivity index (χ1) is 31.8. The second kappa shape index (κ2) is 9.75. The highest BCUT2D eigenvalue weighted by molar-refractivity contribution is 6.23. The molecule has 0 atom stereocenters. The van der Waals surface area contributed by atoms with Gasteiger partial charge in [-0.3, -0.25) is 4.57 Å². The summed E-state index contributed by atoms with van der Waals surface area (Å²) in [7, 11) is 0. The molecule has 0 fully saturated rings. The molecule has 9 aromatic rings. The summed E-state index contributed by atoms with van der Waals surface area (Å²) in [5, 5.41) is -1.43. The second-order valence-corrected chi connectivity index (χ2v) is 9.08. The Kier molecular flexibility index (Phi) is 2.34. The minimum Gasteiger partial charge on any atom is -0.455 e. The Balaban J connectivity index is 1.50. The molecule has 0 unspecified atom stereocenters. The molecule has 3 heterocycles. The zero-order valence-corrected chi connectivity index (χ0v) is 21.7. The molecule has 0 aliphatic rings. The highest BCUT2D eigenvalue weighted by Crippen LogP contribution is 2.40. The van der Waals surface area contributed by atoms with Crippen molar-refractivity contribution < 1.29 is 37.3 Å². The van der Waals surface area contributed by atoms with Crippen LogP contribution in [-0.4, -0.2) is 19.5 Å². The molecular weight excluding hydrogens is 540 g/mol. The van der Waals surface area contributed by atoms with E-state index in [0.29, 0.717) is 0 Å². The lowest BCUT2D eigenvalue weighted by Crippen LogP contribution is -2.06. The molecule has 6 aromatic carbocycles. The zero-order valence-electron chi connectivity index (χ0n) is 45.7. The van der Waals surface area contributed by atoms with Gasteiger partial charge < -0.3 is 4.42 Å². The van der Waals surface area contributed by atoms with Crippen LogP contribution in [0.2, 0.25) is 0 Å². The van der Waals surface area contributed by atoms with E-state index in [4.69, 9.17) is 34.6 Å². The maximum atomic E-state index is 9.43. The fourth-order valence-corrected chi connectivity index (χ4v) is 4.75. The van der Waals surface area contributed by atoms with Crippen molar-refractivity contribution in [1.29, 1.82) is 0 Å². The Morgan fingerprint density at radius 3 is 1.77 bits per heavy atom. The van der Waals surface area contributed by atoms with Crippen molar-refractivity contribution in [1.82, 2.24) is 19.5 Å². The minimum absolute atomic E-state index is 0.325. The van der Waals surface area contributed by atoms with Gasteiger partial charge in [-0.05, 0) is 35.3 Å². The lowest BCUT2D eigenvalue weighted by Gasteiger charge is -2.11. The molecular formula is C39H24N4O. The van der Waals surface area contributed by atoms with Gasteiger partial charge in [0.1, 0.15) is 11.2 Å². The SMILES string of the molecule is [2H]c1c([2H])c([2H])c(-c2nc(-c3c([2H])c([2H])c(-c4c([2H])c([2H])c([2H])c([2H])c4[2H])c([2H])c3[2H])nc(-n3c4c([2H])c([2H])c([2H])c([2H])c4c4c5oc6c([2H])c([2H])c([2H])c([2H])c6c5c([2H])c([2H])c43)n2)c([2H])c1[2H]. The van der Waals surface area contributed by atoms with E-state index in [0.717, 1.165) is 4.57 Å². The Morgan fingerprint density at radius 1 is 0.455 bits per heavy atom. The van der Waals surface area contributed by atoms with Crippen molar-refractivity contribution in [3.05, 3.63) is 145 Å². The summed E-state index contributed by atoms with van der Waals surface area (Å²) in [4.78, 5) is 13.1. The predicted octanol–water partition coefficient (Wildman–Crippen LogP) is 9.87. The van der Waals surface area contributed by atoms with Gasteiger partial charge in [-0.15, -0.1) is 0 Å². The van der Waals surface area contributed by atoms with E-state index < -0.39 is 212 Å². The smallest absolute Gasteiger partial charge is 0.238 e. The average Bonchev–Trinajstić information content (AvgIpc) is 3.89. The summed E-state index contributed by atoms with van der Waals surface area (Å²) in [6, 6.07) is -20.0. The van der Waals surface area contributed by atoms with Gasteiger partial charge in [0, 0.05) is 27.3 Å². The van der Waals surface area contributed by atoms with Gasteiger partial charge in [-0.2, -0.15) is 9.97 Å². The molecule has 0 aliphatic carbocycles. The first kappa shape index (κ1) is 10.6. The van der Waals surface area contributed by atoms with Crippen LogP contribution in [0.4, 0.5) is 0 Å². The standard InChI is InChI=1S/C39H24N4O/c1-3-11-25(12-4-1)26-19-21-28(22-20-26)38-40-37(27-13-5-2-6-14-27)41-39(42-38)43-32-17-9-7-16-31(32)35-33(43)24-23-30-29-15-8-10-18-34(29)44-36(30)35/h1-24H/i1D,2D,3D,4D,5D,6D,7D,8D,9D,10D,11D,12D,13D,14D,15D,16D,17D,18D,19D,20D,21D,22D,23D,24D. The Morgan fingerprint density at radius 2 is 1.02 bits per heavy atom. The van der Waals surface area contributed by atoms with Crippen molar-refractivity contribution >= 4 is 43.7 Å². The average molecular weight is 589 g/mol. The number of hydrogen-bond acceptors (Lipinski definition) is 4. The highest BCUT2D eigenvalue weighted by atomic mass is 16.3. The molecule has 44 heavy (non-hydrogen) atoms. The summed E-state index contributed by atoms with van der Waals surface area (Å²) >= 11 is 0. The third-order valence-corrected chi connectivity index (χ3v) is 6.61. The van der Waals surface area contributed by atoms with Gasteiger partial charge in [0.25, 0.3) is 0 Å². The van der Waals surface area contributed by atoms with Crippen LogP contribution < -0.4 is 0 Å². The summed E-state index contributed by atoms with van der Waals surface area (Å²) < 4.78 is 215. The monoisotopic (exact) mass is 588 g/mol. The van der Waals surface area contributed by atoms with Gasteiger partial charge in [0.15, 0.2) is 11.6 Å². The van der Waals surface area contributed by atoms with Crippen LogP contribution in [0.15, 0.2) is 149 Å². The van der Waals surface area contributed by atoms with Crippen LogP contribution in [0.25, 0.3) is 83.6 Å². The Hall–Kier alpha value is -6.07. The largest absolute Gasteiger partial charge is 0.455 e. The van der Waals surface area contributed by atoms with Crippen molar-refractivity contribution in [2.24, 2.45) is 0 Å². The highest BCUT2D eigenvalue weighted by Gasteiger charge is 2.21. The number of hydrogen-bond donors (Lipinski definition) is 0. The molecule has 0 saturated heterocycles. The van der Waals surface area contributed by atoms with Gasteiger partial charge in [0.05, 0.1) is 49.3 Å². The zero-order chi connectivity index (χ0) is 49.9. The van der Waals surface area contributed by atoms with Crippen LogP contribution in [0.5, 0.6) is 0 Å². The van der Waals surface area contributed by atoms with Crippen LogP contribution in [0.1, 0.15) is 32.9 Å². The van der Waals surface area contributed by atoms with E-state index in [-0.39, 0.29) is 16.2 Å². The number of rotatable bonds is 4. The molecule has 0 N–H and O–H groups in total. The van der Waals surface area contributed by atoms with Crippen molar-refractivity contribution in [2.45, 2.75) is 0 Å². The number of furan rings is 1. The molecule has 3 aromatic heterocycles. The number of fused-ring (bicyclic) bond motifs is 7. The fourth-order valence-electron chi connectivity index (χ4n) is 4.75. The summed E-state index contributed by atoms with van der Waals surface area (Å²) in [5.41, 5.74) is -4.86. The maximum Gasteiger partial charge on any atom is 0.238 e. The number of benzene rings is 6. The molecule has 5 nitrogen and oxygen atoms in total. The van der Waals surface area contributed by atoms with E-state index in [1.165, 1.54) is 0 Å². The third-order valence-electron chi connectivity index (χ3n) is 6.61. The molecule has 206 valence electrons. The van der Waals surface area contributed by atoms with Gasteiger partial charge in [-0.25, -0.2) is 4.98 Å². The quantitative estimate of drug-likeness (QED) is 0.205. The lowest BCUT2D eigenvalue weighted by molar-refractivity contribution is 0.673. The number of aromatic nitrogens is 4. The molecule has 0 spiro atoms. The lowest BCUT2D eigenvalue weighted by atomic mass is 10.0. The van der Waals surface area contributed by atoms with Crippen molar-refractivity contribution in [2.75, 3.05) is 0 Å². The third kappa shape index (κ3) is 3.83. The second-order valence-electron chi connectivity index (χ2n) is 9.08. The molecule has 0 bridgehead atoms. The molecule has 0 radical (unpaired) electrons. The van der Waals surface area contributed by atoms with E-state index in [1.54, 1.807) is 0 Å². The van der Waals surface area contributed by atoms with Gasteiger partial charge in [0.2, 0.25) is 5.95 Å². The van der Waals surface area contributed by atoms with E-state index in [2.05, 4.69) is 15.0 Å². The maximum absolute atomic E-state index is 9.43. The summed E-state index contributed by atoms with van der Waals surface area (Å²) in [6.45, 7) is 0. The Labute approximate surface area is 286 Å². The molecule has 0 saturated carbocycles. The van der Waals surface area contributed by atoms with Crippen LogP contribution in [0, 0.1) is 0 Å². The van der Waals surface area contributed by atoms with Crippen molar-refractivity contribution in [3.8, 4) is 39.9 Å². The van der Waals surface area contributed by atoms with Gasteiger partial charge in [-0.1, -0.05) is 121 Å². The van der Waals surface area contributed by atoms with E-state index in [1.807, 2.05) is 0 Å². The molecule has 0 amide bonds. The fraction of sp³-hybridized carbons (Fsp3) is 0. The first-order valence-corrected chi connectivity index (χ1v) is 12.7. The topological polar surface area (TPSA) is 56.7 Å². The number of nitrogens with zero attached hydrogens (tertiary/aromatic N) is 4. The summed E-state index contributed by atoms with van der Waals surface area (Å²) in [5.74, 6) is -2.47. The first-order valence-electron chi connectivity index (χ1n) is 24.7. The summed E-state index contributed by atoms with van der Waals surface area (Å²) in [6.07, 6.45) is 0. The van der Waals surface area contributed by atoms with Gasteiger partial charge >= 0.3 is 0 Å². The van der Waals surface area contributed by atoms with Crippen LogP contribution >= 0.6 is 0 Å². The van der Waals surface area contributed by atoms with E-state index >= 15 is 0 Å². The molecule has 0 aliphatic heterocycles. The number of para-hydroxylation sites is 2. The Bertz CT molecular complexity index is 3780. The van der Waals surface area contributed by atoms with Crippen LogP contribution in [-0.2, 0) is 0 Å². The van der Waals surface area contributed by atoms with E-state index in [9.17, 15) is 2.74 Å². The van der Waals surface area contributed by atoms with Crippen molar-refractivity contribution in [3.63, 3.8) is 0 Å².